The molecule has 0 aliphatic carbocycles. The van der Waals surface area contributed by atoms with Gasteiger partial charge >= 0.3 is 0 Å². The molecule has 0 heterocycles. The maximum absolute atomic E-state index is 11.0. The van der Waals surface area contributed by atoms with Crippen LogP contribution in [-0.4, -0.2) is 36.6 Å². The van der Waals surface area contributed by atoms with Crippen molar-refractivity contribution in [2.45, 2.75) is 12.8 Å². The molecular weight excluding hydrogens is 186 g/mol. The first kappa shape index (κ1) is 12.8. The van der Waals surface area contributed by atoms with Gasteiger partial charge in [-0.15, -0.1) is 0 Å². The van der Waals surface area contributed by atoms with Crippen LogP contribution in [-0.2, 0) is 14.3 Å². The molecular formula is C9H15NO4. The Morgan fingerprint density at radius 1 is 1.29 bits per heavy atom. The van der Waals surface area contributed by atoms with Gasteiger partial charge < -0.3 is 15.6 Å². The van der Waals surface area contributed by atoms with E-state index in [1.807, 2.05) is 0 Å². The predicted molar refractivity (Wildman–Crippen MR) is 50.5 cm³/mol. The van der Waals surface area contributed by atoms with E-state index in [0.29, 0.717) is 19.4 Å². The Balaban J connectivity index is 3.40. The van der Waals surface area contributed by atoms with E-state index in [2.05, 4.69) is 0 Å². The fourth-order valence-corrected chi connectivity index (χ4v) is 0.773. The number of hydrogen-bond donors (Lipinski definition) is 2. The summed E-state index contributed by atoms with van der Waals surface area (Å²) in [5, 5.41) is 8.37. The van der Waals surface area contributed by atoms with Crippen LogP contribution in [0.5, 0.6) is 0 Å². The molecule has 0 rings (SSSR count). The third-order valence-electron chi connectivity index (χ3n) is 1.38. The number of ether oxygens (including phenoxy) is 1. The number of nitrogens with two attached hydrogens (primary N) is 1. The van der Waals surface area contributed by atoms with Gasteiger partial charge in [-0.2, -0.15) is 0 Å². The molecule has 1 amide bonds. The summed E-state index contributed by atoms with van der Waals surface area (Å²) in [4.78, 5) is 21.2. The highest BCUT2D eigenvalue weighted by Gasteiger charge is 1.97. The van der Waals surface area contributed by atoms with E-state index >= 15 is 0 Å². The first-order chi connectivity index (χ1) is 6.66. The average Bonchev–Trinajstić information content (AvgIpc) is 2.14. The van der Waals surface area contributed by atoms with E-state index < -0.39 is 5.91 Å². The second-order valence-electron chi connectivity index (χ2n) is 2.64. The van der Waals surface area contributed by atoms with Crippen LogP contribution in [0, 0.1) is 0 Å². The highest BCUT2D eigenvalue weighted by Crippen LogP contribution is 1.93. The molecule has 5 nitrogen and oxygen atoms in total. The van der Waals surface area contributed by atoms with Crippen LogP contribution < -0.4 is 5.73 Å². The van der Waals surface area contributed by atoms with Crippen molar-refractivity contribution in [2.24, 2.45) is 5.73 Å². The zero-order valence-electron chi connectivity index (χ0n) is 7.94. The molecule has 0 radical (unpaired) electrons. The molecule has 0 unspecified atom stereocenters. The van der Waals surface area contributed by atoms with Crippen molar-refractivity contribution in [3.8, 4) is 0 Å². The van der Waals surface area contributed by atoms with Gasteiger partial charge in [-0.1, -0.05) is 0 Å². The molecule has 5 heteroatoms. The summed E-state index contributed by atoms with van der Waals surface area (Å²) in [6, 6.07) is 0. The standard InChI is InChI=1S/C9H15NO4/c10-9(13)4-3-8(12)2-1-6-14-7-5-11/h3-4,11H,1-2,5-7H2,(H2,10,13)/b4-3-. The molecule has 0 saturated carbocycles. The van der Waals surface area contributed by atoms with Crippen molar-refractivity contribution < 1.29 is 19.4 Å². The van der Waals surface area contributed by atoms with Gasteiger partial charge in [-0.25, -0.2) is 0 Å². The zero-order chi connectivity index (χ0) is 10.8. The summed E-state index contributed by atoms with van der Waals surface area (Å²) < 4.78 is 4.94. The van der Waals surface area contributed by atoms with Crippen LogP contribution >= 0.6 is 0 Å². The molecule has 0 aromatic rings. The lowest BCUT2D eigenvalue weighted by Gasteiger charge is -1.99. The summed E-state index contributed by atoms with van der Waals surface area (Å²) in [6.07, 6.45) is 3.09. The molecule has 80 valence electrons. The second kappa shape index (κ2) is 8.40. The van der Waals surface area contributed by atoms with E-state index in [9.17, 15) is 9.59 Å². The SMILES string of the molecule is NC(=O)/C=C\C(=O)CCCOCCO. The largest absolute Gasteiger partial charge is 0.394 e. The number of hydrogen-bond acceptors (Lipinski definition) is 4. The first-order valence-corrected chi connectivity index (χ1v) is 4.35. The molecule has 0 aromatic carbocycles. The molecule has 0 atom stereocenters. The van der Waals surface area contributed by atoms with Gasteiger partial charge in [-0.3, -0.25) is 9.59 Å². The van der Waals surface area contributed by atoms with Gasteiger partial charge in [0.2, 0.25) is 5.91 Å². The number of allylic oxidation sites excluding steroid dienone is 1. The average molecular weight is 201 g/mol. The van der Waals surface area contributed by atoms with Crippen LogP contribution in [0.1, 0.15) is 12.8 Å². The third-order valence-corrected chi connectivity index (χ3v) is 1.38. The van der Waals surface area contributed by atoms with Crippen LogP contribution in [0.2, 0.25) is 0 Å². The Bertz CT molecular complexity index is 213. The molecule has 0 aromatic heterocycles. The third kappa shape index (κ3) is 8.89. The molecule has 0 saturated heterocycles. The number of aliphatic hydroxyl groups excluding tert-OH is 1. The number of carbonyl (C=O) groups is 2. The molecule has 0 spiro atoms. The van der Waals surface area contributed by atoms with Crippen molar-refractivity contribution in [1.82, 2.24) is 0 Å². The van der Waals surface area contributed by atoms with Crippen molar-refractivity contribution in [3.63, 3.8) is 0 Å². The van der Waals surface area contributed by atoms with E-state index in [4.69, 9.17) is 15.6 Å². The number of aliphatic hydroxyl groups is 1. The summed E-state index contributed by atoms with van der Waals surface area (Å²) in [5.41, 5.74) is 4.80. The highest BCUT2D eigenvalue weighted by molar-refractivity contribution is 5.97. The van der Waals surface area contributed by atoms with Gasteiger partial charge in [0, 0.05) is 19.1 Å². The maximum Gasteiger partial charge on any atom is 0.241 e. The number of rotatable bonds is 8. The molecule has 0 fully saturated rings. The summed E-state index contributed by atoms with van der Waals surface area (Å²) in [5.74, 6) is -0.786. The fourth-order valence-electron chi connectivity index (χ4n) is 0.773. The van der Waals surface area contributed by atoms with E-state index in [-0.39, 0.29) is 19.0 Å². The molecule has 0 bridgehead atoms. The Morgan fingerprint density at radius 3 is 2.57 bits per heavy atom. The number of primary amides is 1. The van der Waals surface area contributed by atoms with E-state index in [0.717, 1.165) is 12.2 Å². The maximum atomic E-state index is 11.0. The van der Waals surface area contributed by atoms with Gasteiger partial charge in [0.15, 0.2) is 5.78 Å². The lowest BCUT2D eigenvalue weighted by molar-refractivity contribution is -0.116. The quantitative estimate of drug-likeness (QED) is 0.405. The van der Waals surface area contributed by atoms with Gasteiger partial charge in [-0.05, 0) is 12.5 Å². The smallest absolute Gasteiger partial charge is 0.241 e. The number of carbonyl (C=O) groups excluding carboxylic acids is 2. The molecule has 0 aliphatic heterocycles. The number of ketones is 1. The highest BCUT2D eigenvalue weighted by atomic mass is 16.5. The van der Waals surface area contributed by atoms with E-state index in [1.54, 1.807) is 0 Å². The Kier molecular flexibility index (Phi) is 7.68. The topological polar surface area (TPSA) is 89.6 Å². The van der Waals surface area contributed by atoms with Crippen LogP contribution in [0.3, 0.4) is 0 Å². The Hall–Kier alpha value is -1.20. The fraction of sp³-hybridized carbons (Fsp3) is 0.556. The van der Waals surface area contributed by atoms with E-state index in [1.165, 1.54) is 0 Å². The van der Waals surface area contributed by atoms with Crippen molar-refractivity contribution in [2.75, 3.05) is 19.8 Å². The summed E-state index contributed by atoms with van der Waals surface area (Å²) >= 11 is 0. The minimum atomic E-state index is -0.630. The van der Waals surface area contributed by atoms with Gasteiger partial charge in [0.1, 0.15) is 0 Å². The molecule has 0 aliphatic rings. The van der Waals surface area contributed by atoms with Crippen LogP contribution in [0.15, 0.2) is 12.2 Å². The first-order valence-electron chi connectivity index (χ1n) is 4.35. The second-order valence-corrected chi connectivity index (χ2v) is 2.64. The Morgan fingerprint density at radius 2 is 2.00 bits per heavy atom. The number of amides is 1. The predicted octanol–water partition coefficient (Wildman–Crippen LogP) is -0.614. The summed E-state index contributed by atoms with van der Waals surface area (Å²) in [7, 11) is 0. The lowest BCUT2D eigenvalue weighted by Crippen LogP contribution is -2.07. The lowest BCUT2D eigenvalue weighted by atomic mass is 10.2. The van der Waals surface area contributed by atoms with Crippen molar-refractivity contribution in [1.29, 1.82) is 0 Å². The summed E-state index contributed by atoms with van der Waals surface area (Å²) in [6.45, 7) is 0.692. The molecule has 3 N–H and O–H groups in total. The minimum absolute atomic E-state index is 0.0183. The van der Waals surface area contributed by atoms with Crippen molar-refractivity contribution in [3.05, 3.63) is 12.2 Å². The van der Waals surface area contributed by atoms with Crippen LogP contribution in [0.25, 0.3) is 0 Å². The van der Waals surface area contributed by atoms with Crippen LogP contribution in [0.4, 0.5) is 0 Å². The normalized spacial score (nSPS) is 10.6. The Labute approximate surface area is 82.5 Å². The van der Waals surface area contributed by atoms with Crippen molar-refractivity contribution >= 4 is 11.7 Å². The minimum Gasteiger partial charge on any atom is -0.394 e. The van der Waals surface area contributed by atoms with Gasteiger partial charge in [0.25, 0.3) is 0 Å². The monoisotopic (exact) mass is 201 g/mol. The zero-order valence-corrected chi connectivity index (χ0v) is 7.94. The van der Waals surface area contributed by atoms with Gasteiger partial charge in [0.05, 0.1) is 13.2 Å². The molecule has 14 heavy (non-hydrogen) atoms.